The van der Waals surface area contributed by atoms with Crippen molar-refractivity contribution >= 4 is 12.0 Å². The third-order valence-electron chi connectivity index (χ3n) is 2.51. The first-order valence-electron chi connectivity index (χ1n) is 6.11. The van der Waals surface area contributed by atoms with Gasteiger partial charge in [-0.05, 0) is 30.2 Å². The minimum absolute atomic E-state index is 0.154. The van der Waals surface area contributed by atoms with Gasteiger partial charge in [-0.2, -0.15) is 0 Å². The number of benzene rings is 1. The molecule has 0 saturated carbocycles. The van der Waals surface area contributed by atoms with Gasteiger partial charge >= 0.3 is 0 Å². The van der Waals surface area contributed by atoms with Gasteiger partial charge in [0.15, 0.2) is 11.5 Å². The van der Waals surface area contributed by atoms with Crippen LogP contribution < -0.4 is 5.32 Å². The van der Waals surface area contributed by atoms with E-state index in [4.69, 9.17) is 5.11 Å². The molecule has 4 nitrogen and oxygen atoms in total. The molecule has 1 amide bonds. The Morgan fingerprint density at radius 3 is 2.72 bits per heavy atom. The Morgan fingerprint density at radius 1 is 1.28 bits per heavy atom. The molecule has 3 N–H and O–H groups in total. The molecule has 0 fully saturated rings. The second-order valence-corrected chi connectivity index (χ2v) is 4.08. The molecule has 0 saturated heterocycles. The largest absolute Gasteiger partial charge is 0.504 e. The fourth-order valence-electron chi connectivity index (χ4n) is 1.46. The highest BCUT2D eigenvalue weighted by Crippen LogP contribution is 2.25. The number of carbonyl (C=O) groups is 1. The number of nitrogens with one attached hydrogen (secondary N) is 1. The lowest BCUT2D eigenvalue weighted by atomic mass is 10.2. The zero-order valence-corrected chi connectivity index (χ0v) is 10.5. The smallest absolute Gasteiger partial charge is 0.243 e. The molecule has 0 aliphatic carbocycles. The van der Waals surface area contributed by atoms with Crippen LogP contribution in [0, 0.1) is 0 Å². The lowest BCUT2D eigenvalue weighted by Crippen LogP contribution is -2.21. The molecule has 0 unspecified atom stereocenters. The quantitative estimate of drug-likeness (QED) is 0.412. The Hall–Kier alpha value is -1.97. The van der Waals surface area contributed by atoms with Crippen molar-refractivity contribution in [3.63, 3.8) is 0 Å². The van der Waals surface area contributed by atoms with E-state index in [1.54, 1.807) is 12.1 Å². The zero-order valence-electron chi connectivity index (χ0n) is 10.5. The van der Waals surface area contributed by atoms with Crippen molar-refractivity contribution < 1.29 is 15.0 Å². The maximum atomic E-state index is 11.4. The van der Waals surface area contributed by atoms with Crippen molar-refractivity contribution in [2.24, 2.45) is 0 Å². The predicted octanol–water partition coefficient (Wildman–Crippen LogP) is 2.42. The molecule has 0 aliphatic heterocycles. The molecule has 0 atom stereocenters. The first-order valence-corrected chi connectivity index (χ1v) is 6.11. The molecule has 0 aliphatic rings. The van der Waals surface area contributed by atoms with Crippen LogP contribution in [0.3, 0.4) is 0 Å². The summed E-state index contributed by atoms with van der Waals surface area (Å²) in [5.74, 6) is -0.518. The number of phenols is 2. The minimum atomic E-state index is -0.194. The summed E-state index contributed by atoms with van der Waals surface area (Å²) in [6.45, 7) is 2.79. The van der Waals surface area contributed by atoms with E-state index in [-0.39, 0.29) is 17.4 Å². The third kappa shape index (κ3) is 4.91. The molecule has 0 aromatic heterocycles. The SMILES string of the molecule is CCCCCNC(=O)/C=C/c1ccc(O)c(O)c1. The maximum Gasteiger partial charge on any atom is 0.243 e. The van der Waals surface area contributed by atoms with Gasteiger partial charge in [0, 0.05) is 12.6 Å². The molecule has 0 heterocycles. The molecule has 0 radical (unpaired) electrons. The van der Waals surface area contributed by atoms with Gasteiger partial charge in [-0.1, -0.05) is 25.8 Å². The minimum Gasteiger partial charge on any atom is -0.504 e. The molecule has 0 spiro atoms. The summed E-state index contributed by atoms with van der Waals surface area (Å²) in [6.07, 6.45) is 6.22. The van der Waals surface area contributed by atoms with E-state index < -0.39 is 0 Å². The number of aromatic hydroxyl groups is 2. The molecule has 98 valence electrons. The first kappa shape index (κ1) is 14.1. The van der Waals surface area contributed by atoms with Gasteiger partial charge in [-0.25, -0.2) is 0 Å². The summed E-state index contributed by atoms with van der Waals surface area (Å²) in [5, 5.41) is 21.2. The third-order valence-corrected chi connectivity index (χ3v) is 2.51. The highest BCUT2D eigenvalue weighted by Gasteiger charge is 1.99. The van der Waals surface area contributed by atoms with Gasteiger partial charge in [0.25, 0.3) is 0 Å². The van der Waals surface area contributed by atoms with Crippen molar-refractivity contribution in [1.29, 1.82) is 0 Å². The van der Waals surface area contributed by atoms with Crippen molar-refractivity contribution in [2.45, 2.75) is 26.2 Å². The predicted molar refractivity (Wildman–Crippen MR) is 71.3 cm³/mol. The number of phenolic OH excluding ortho intramolecular Hbond substituents is 2. The molecule has 1 aromatic carbocycles. The van der Waals surface area contributed by atoms with E-state index in [0.29, 0.717) is 12.1 Å². The molecule has 1 rings (SSSR count). The van der Waals surface area contributed by atoms with Gasteiger partial charge < -0.3 is 15.5 Å². The van der Waals surface area contributed by atoms with Crippen LogP contribution in [0.15, 0.2) is 24.3 Å². The molecular weight excluding hydrogens is 230 g/mol. The van der Waals surface area contributed by atoms with Crippen LogP contribution in [0.25, 0.3) is 6.08 Å². The first-order chi connectivity index (χ1) is 8.63. The van der Waals surface area contributed by atoms with Crippen LogP contribution in [-0.2, 0) is 4.79 Å². The van der Waals surface area contributed by atoms with E-state index in [1.807, 2.05) is 0 Å². The lowest BCUT2D eigenvalue weighted by Gasteiger charge is -2.01. The van der Waals surface area contributed by atoms with Gasteiger partial charge in [0.05, 0.1) is 0 Å². The van der Waals surface area contributed by atoms with Crippen LogP contribution >= 0.6 is 0 Å². The highest BCUT2D eigenvalue weighted by molar-refractivity contribution is 5.91. The summed E-state index contributed by atoms with van der Waals surface area (Å²) < 4.78 is 0. The van der Waals surface area contributed by atoms with Gasteiger partial charge in [0.2, 0.25) is 5.91 Å². The summed E-state index contributed by atoms with van der Waals surface area (Å²) >= 11 is 0. The number of rotatable bonds is 6. The normalized spacial score (nSPS) is 10.7. The van der Waals surface area contributed by atoms with E-state index in [1.165, 1.54) is 18.2 Å². The van der Waals surface area contributed by atoms with Crippen LogP contribution in [0.4, 0.5) is 0 Å². The molecular formula is C14H19NO3. The number of hydrogen-bond donors (Lipinski definition) is 3. The fourth-order valence-corrected chi connectivity index (χ4v) is 1.46. The van der Waals surface area contributed by atoms with E-state index in [0.717, 1.165) is 19.3 Å². The Bertz CT molecular complexity index is 427. The number of carbonyl (C=O) groups excluding carboxylic acids is 1. The zero-order chi connectivity index (χ0) is 13.4. The van der Waals surface area contributed by atoms with Crippen molar-refractivity contribution in [2.75, 3.05) is 6.54 Å². The topological polar surface area (TPSA) is 69.6 Å². The van der Waals surface area contributed by atoms with Crippen molar-refractivity contribution in [1.82, 2.24) is 5.32 Å². The Labute approximate surface area is 107 Å². The summed E-state index contributed by atoms with van der Waals surface area (Å²) in [7, 11) is 0. The van der Waals surface area contributed by atoms with Gasteiger partial charge in [-0.3, -0.25) is 4.79 Å². The average molecular weight is 249 g/mol. The monoisotopic (exact) mass is 249 g/mol. The highest BCUT2D eigenvalue weighted by atomic mass is 16.3. The average Bonchev–Trinajstić information content (AvgIpc) is 2.36. The van der Waals surface area contributed by atoms with Crippen LogP contribution in [0.1, 0.15) is 31.7 Å². The number of amides is 1. The number of hydrogen-bond acceptors (Lipinski definition) is 3. The Morgan fingerprint density at radius 2 is 2.06 bits per heavy atom. The van der Waals surface area contributed by atoms with E-state index >= 15 is 0 Å². The second kappa shape index (κ2) is 7.37. The maximum absolute atomic E-state index is 11.4. The molecule has 18 heavy (non-hydrogen) atoms. The van der Waals surface area contributed by atoms with Crippen LogP contribution in [0.2, 0.25) is 0 Å². The molecule has 0 bridgehead atoms. The van der Waals surface area contributed by atoms with Crippen molar-refractivity contribution in [3.05, 3.63) is 29.8 Å². The summed E-state index contributed by atoms with van der Waals surface area (Å²) in [6, 6.07) is 4.40. The van der Waals surface area contributed by atoms with Crippen molar-refractivity contribution in [3.8, 4) is 11.5 Å². The van der Waals surface area contributed by atoms with E-state index in [2.05, 4.69) is 12.2 Å². The van der Waals surface area contributed by atoms with Gasteiger partial charge in [-0.15, -0.1) is 0 Å². The second-order valence-electron chi connectivity index (χ2n) is 4.08. The summed E-state index contributed by atoms with van der Waals surface area (Å²) in [5.41, 5.74) is 0.661. The van der Waals surface area contributed by atoms with Crippen LogP contribution in [0.5, 0.6) is 11.5 Å². The Balaban J connectivity index is 2.43. The Kier molecular flexibility index (Phi) is 5.77. The molecule has 4 heteroatoms. The molecule has 1 aromatic rings. The summed E-state index contributed by atoms with van der Waals surface area (Å²) in [4.78, 5) is 11.4. The number of unbranched alkanes of at least 4 members (excludes halogenated alkanes) is 2. The standard InChI is InChI=1S/C14H19NO3/c1-2-3-4-9-15-14(18)8-6-11-5-7-12(16)13(17)10-11/h5-8,10,16-17H,2-4,9H2,1H3,(H,15,18)/b8-6+. The fraction of sp³-hybridized carbons (Fsp3) is 0.357. The van der Waals surface area contributed by atoms with Gasteiger partial charge in [0.1, 0.15) is 0 Å². The lowest BCUT2D eigenvalue weighted by molar-refractivity contribution is -0.116. The van der Waals surface area contributed by atoms with Crippen LogP contribution in [-0.4, -0.2) is 22.7 Å². The van der Waals surface area contributed by atoms with E-state index in [9.17, 15) is 9.90 Å².